The van der Waals surface area contributed by atoms with Crippen molar-refractivity contribution in [3.63, 3.8) is 0 Å². The van der Waals surface area contributed by atoms with Crippen LogP contribution in [0.15, 0.2) is 22.7 Å². The van der Waals surface area contributed by atoms with Crippen LogP contribution in [0.3, 0.4) is 0 Å². The Balaban J connectivity index is 2.70. The standard InChI is InChI=1S/C9H10BrFO2/c1-6(12)5-13-9-4-7(10)2-3-8(9)11/h2-4,6,12H,5H2,1H3/t6-/m1/s1. The van der Waals surface area contributed by atoms with Crippen LogP contribution in [0.5, 0.6) is 5.75 Å². The van der Waals surface area contributed by atoms with Crippen molar-refractivity contribution >= 4 is 15.9 Å². The molecule has 0 spiro atoms. The molecular formula is C9H10BrFO2. The lowest BCUT2D eigenvalue weighted by Crippen LogP contribution is -2.13. The zero-order chi connectivity index (χ0) is 9.84. The highest BCUT2D eigenvalue weighted by Crippen LogP contribution is 2.22. The van der Waals surface area contributed by atoms with E-state index in [-0.39, 0.29) is 12.4 Å². The topological polar surface area (TPSA) is 29.5 Å². The summed E-state index contributed by atoms with van der Waals surface area (Å²) in [5, 5.41) is 8.91. The lowest BCUT2D eigenvalue weighted by molar-refractivity contribution is 0.120. The van der Waals surface area contributed by atoms with E-state index in [9.17, 15) is 4.39 Å². The van der Waals surface area contributed by atoms with Crippen molar-refractivity contribution in [2.75, 3.05) is 6.61 Å². The minimum absolute atomic E-state index is 0.0906. The fraction of sp³-hybridized carbons (Fsp3) is 0.333. The van der Waals surface area contributed by atoms with Gasteiger partial charge in [0.05, 0.1) is 6.10 Å². The van der Waals surface area contributed by atoms with Gasteiger partial charge < -0.3 is 9.84 Å². The number of hydrogen-bond acceptors (Lipinski definition) is 2. The molecule has 0 saturated heterocycles. The normalized spacial score (nSPS) is 12.6. The van der Waals surface area contributed by atoms with Gasteiger partial charge >= 0.3 is 0 Å². The van der Waals surface area contributed by atoms with Crippen LogP contribution >= 0.6 is 15.9 Å². The van der Waals surface area contributed by atoms with Crippen LogP contribution in [0.4, 0.5) is 4.39 Å². The second-order valence-electron chi connectivity index (χ2n) is 2.73. The maximum Gasteiger partial charge on any atom is 0.165 e. The Morgan fingerprint density at radius 2 is 2.31 bits per heavy atom. The van der Waals surface area contributed by atoms with E-state index in [1.54, 1.807) is 13.0 Å². The zero-order valence-corrected chi connectivity index (χ0v) is 8.71. The van der Waals surface area contributed by atoms with Crippen molar-refractivity contribution in [2.24, 2.45) is 0 Å². The van der Waals surface area contributed by atoms with Crippen molar-refractivity contribution in [1.29, 1.82) is 0 Å². The van der Waals surface area contributed by atoms with Gasteiger partial charge in [-0.1, -0.05) is 15.9 Å². The average Bonchev–Trinajstić information content (AvgIpc) is 2.06. The Morgan fingerprint density at radius 3 is 2.92 bits per heavy atom. The third-order valence-corrected chi connectivity index (χ3v) is 1.87. The fourth-order valence-electron chi connectivity index (χ4n) is 0.798. The Bertz CT molecular complexity index is 289. The van der Waals surface area contributed by atoms with E-state index < -0.39 is 11.9 Å². The van der Waals surface area contributed by atoms with E-state index in [0.717, 1.165) is 4.47 Å². The van der Waals surface area contributed by atoms with Gasteiger partial charge in [0.25, 0.3) is 0 Å². The Kier molecular flexibility index (Phi) is 3.69. The minimum atomic E-state index is -0.599. The van der Waals surface area contributed by atoms with Gasteiger partial charge in [0, 0.05) is 4.47 Å². The molecule has 0 aliphatic rings. The molecule has 0 saturated carbocycles. The van der Waals surface area contributed by atoms with E-state index in [0.29, 0.717) is 0 Å². The van der Waals surface area contributed by atoms with Crippen LogP contribution in [0.2, 0.25) is 0 Å². The number of aliphatic hydroxyl groups is 1. The Morgan fingerprint density at radius 1 is 1.62 bits per heavy atom. The molecule has 1 atom stereocenters. The third kappa shape index (κ3) is 3.32. The molecule has 13 heavy (non-hydrogen) atoms. The fourth-order valence-corrected chi connectivity index (χ4v) is 1.14. The van der Waals surface area contributed by atoms with Crippen molar-refractivity contribution in [3.8, 4) is 5.75 Å². The number of aliphatic hydroxyl groups excluding tert-OH is 1. The Labute approximate surface area is 84.5 Å². The molecule has 1 N–H and O–H groups in total. The molecule has 0 fully saturated rings. The first kappa shape index (κ1) is 10.5. The van der Waals surface area contributed by atoms with Crippen molar-refractivity contribution in [1.82, 2.24) is 0 Å². The highest BCUT2D eigenvalue weighted by molar-refractivity contribution is 9.10. The zero-order valence-electron chi connectivity index (χ0n) is 7.13. The van der Waals surface area contributed by atoms with Crippen LogP contribution in [0.1, 0.15) is 6.92 Å². The summed E-state index contributed by atoms with van der Waals surface area (Å²) in [5.41, 5.74) is 0. The largest absolute Gasteiger partial charge is 0.488 e. The summed E-state index contributed by atoms with van der Waals surface area (Å²) in [7, 11) is 0. The van der Waals surface area contributed by atoms with Crippen molar-refractivity contribution < 1.29 is 14.2 Å². The molecule has 72 valence electrons. The molecular weight excluding hydrogens is 239 g/mol. The summed E-state index contributed by atoms with van der Waals surface area (Å²) in [4.78, 5) is 0. The van der Waals surface area contributed by atoms with Crippen LogP contribution in [0.25, 0.3) is 0 Å². The van der Waals surface area contributed by atoms with E-state index in [1.807, 2.05) is 0 Å². The summed E-state index contributed by atoms with van der Waals surface area (Å²) in [6, 6.07) is 4.42. The highest BCUT2D eigenvalue weighted by Gasteiger charge is 2.04. The van der Waals surface area contributed by atoms with Gasteiger partial charge in [-0.3, -0.25) is 0 Å². The smallest absolute Gasteiger partial charge is 0.165 e. The van der Waals surface area contributed by atoms with Gasteiger partial charge in [-0.2, -0.15) is 0 Å². The molecule has 0 aliphatic carbocycles. The highest BCUT2D eigenvalue weighted by atomic mass is 79.9. The SMILES string of the molecule is C[C@@H](O)COc1cc(Br)ccc1F. The van der Waals surface area contributed by atoms with Crippen LogP contribution < -0.4 is 4.74 Å². The van der Waals surface area contributed by atoms with Crippen molar-refractivity contribution in [3.05, 3.63) is 28.5 Å². The molecule has 1 aromatic rings. The van der Waals surface area contributed by atoms with Crippen LogP contribution in [0, 0.1) is 5.82 Å². The van der Waals surface area contributed by atoms with Gasteiger partial charge in [0.2, 0.25) is 0 Å². The molecule has 2 nitrogen and oxygen atoms in total. The van der Waals surface area contributed by atoms with E-state index >= 15 is 0 Å². The third-order valence-electron chi connectivity index (χ3n) is 1.37. The molecule has 0 bridgehead atoms. The first-order chi connectivity index (χ1) is 6.09. The summed E-state index contributed by atoms with van der Waals surface area (Å²) in [5.74, 6) is -0.279. The number of benzene rings is 1. The first-order valence-corrected chi connectivity index (χ1v) is 4.65. The molecule has 0 aliphatic heterocycles. The summed E-state index contributed by atoms with van der Waals surface area (Å²) >= 11 is 3.19. The second kappa shape index (κ2) is 4.58. The van der Waals surface area contributed by atoms with E-state index in [2.05, 4.69) is 15.9 Å². The average molecular weight is 249 g/mol. The Hall–Kier alpha value is -0.610. The first-order valence-electron chi connectivity index (χ1n) is 3.85. The summed E-state index contributed by atoms with van der Waals surface area (Å²) in [6.07, 6.45) is -0.599. The van der Waals surface area contributed by atoms with Gasteiger partial charge in [-0.15, -0.1) is 0 Å². The van der Waals surface area contributed by atoms with Gasteiger partial charge in [-0.05, 0) is 25.1 Å². The van der Waals surface area contributed by atoms with Crippen LogP contribution in [-0.2, 0) is 0 Å². The molecule has 1 rings (SSSR count). The summed E-state index contributed by atoms with van der Waals surface area (Å²) in [6.45, 7) is 1.67. The van der Waals surface area contributed by atoms with Gasteiger partial charge in [0.1, 0.15) is 6.61 Å². The molecule has 4 heteroatoms. The van der Waals surface area contributed by atoms with Crippen LogP contribution in [-0.4, -0.2) is 17.8 Å². The molecule has 1 aromatic carbocycles. The lowest BCUT2D eigenvalue weighted by atomic mass is 10.3. The maximum absolute atomic E-state index is 13.0. The number of hydrogen-bond donors (Lipinski definition) is 1. The quantitative estimate of drug-likeness (QED) is 0.890. The lowest BCUT2D eigenvalue weighted by Gasteiger charge is -2.08. The van der Waals surface area contributed by atoms with Gasteiger partial charge in [-0.25, -0.2) is 4.39 Å². The summed E-state index contributed by atoms with van der Waals surface area (Å²) < 4.78 is 18.8. The molecule has 0 heterocycles. The molecule has 0 unspecified atom stereocenters. The number of halogens is 2. The minimum Gasteiger partial charge on any atom is -0.488 e. The maximum atomic E-state index is 13.0. The molecule has 0 aromatic heterocycles. The predicted octanol–water partition coefficient (Wildman–Crippen LogP) is 2.35. The van der Waals surface area contributed by atoms with E-state index in [1.165, 1.54) is 12.1 Å². The van der Waals surface area contributed by atoms with Crippen molar-refractivity contribution in [2.45, 2.75) is 13.0 Å². The predicted molar refractivity (Wildman–Crippen MR) is 51.3 cm³/mol. The monoisotopic (exact) mass is 248 g/mol. The molecule has 0 radical (unpaired) electrons. The van der Waals surface area contributed by atoms with E-state index in [4.69, 9.17) is 9.84 Å². The second-order valence-corrected chi connectivity index (χ2v) is 3.65. The van der Waals surface area contributed by atoms with Gasteiger partial charge in [0.15, 0.2) is 11.6 Å². The number of ether oxygens (including phenoxy) is 1. The number of rotatable bonds is 3. The molecule has 0 amide bonds.